The lowest BCUT2D eigenvalue weighted by atomic mass is 9.94. The van der Waals surface area contributed by atoms with E-state index in [1.165, 1.54) is 19.6 Å². The third-order valence-corrected chi connectivity index (χ3v) is 4.40. The van der Waals surface area contributed by atoms with Crippen molar-refractivity contribution in [1.82, 2.24) is 4.90 Å². The number of alkyl halides is 2. The Bertz CT molecular complexity index is 577. The number of nitro groups is 1. The molecular weight excluding hydrogens is 322 g/mol. The van der Waals surface area contributed by atoms with Crippen LogP contribution in [0.1, 0.15) is 37.7 Å². The average Bonchev–Trinajstić information content (AvgIpc) is 2.55. The lowest BCUT2D eigenvalue weighted by molar-refractivity contribution is -0.385. The Kier molecular flexibility index (Phi) is 6.30. The molecule has 1 aliphatic rings. The van der Waals surface area contributed by atoms with Crippen LogP contribution in [0.5, 0.6) is 11.5 Å². The third-order valence-electron chi connectivity index (χ3n) is 4.40. The van der Waals surface area contributed by atoms with Crippen LogP contribution in [-0.2, 0) is 6.54 Å². The Hall–Kier alpha value is -1.96. The molecule has 0 atom stereocenters. The van der Waals surface area contributed by atoms with Crippen molar-refractivity contribution in [1.29, 1.82) is 0 Å². The van der Waals surface area contributed by atoms with Crippen LogP contribution in [0.3, 0.4) is 0 Å². The molecular formula is C16H22F2N2O4. The van der Waals surface area contributed by atoms with E-state index in [0.29, 0.717) is 18.2 Å². The van der Waals surface area contributed by atoms with Gasteiger partial charge in [0, 0.05) is 18.2 Å². The summed E-state index contributed by atoms with van der Waals surface area (Å²) in [4.78, 5) is 12.8. The van der Waals surface area contributed by atoms with Crippen molar-refractivity contribution >= 4 is 5.69 Å². The molecule has 0 aliphatic heterocycles. The van der Waals surface area contributed by atoms with Crippen LogP contribution in [-0.4, -0.2) is 36.6 Å². The minimum Gasteiger partial charge on any atom is -0.493 e. The molecule has 2 rings (SSSR count). The fourth-order valence-electron chi connectivity index (χ4n) is 3.16. The summed E-state index contributed by atoms with van der Waals surface area (Å²) in [5.41, 5.74) is 0.181. The van der Waals surface area contributed by atoms with Gasteiger partial charge in [-0.1, -0.05) is 19.3 Å². The number of rotatable bonds is 7. The zero-order valence-electron chi connectivity index (χ0n) is 13.8. The normalized spacial score (nSPS) is 15.8. The minimum absolute atomic E-state index is 0.0629. The van der Waals surface area contributed by atoms with Gasteiger partial charge in [-0.05, 0) is 26.0 Å². The van der Waals surface area contributed by atoms with Gasteiger partial charge in [0.1, 0.15) is 0 Å². The molecule has 1 aromatic rings. The summed E-state index contributed by atoms with van der Waals surface area (Å²) in [5, 5.41) is 11.3. The monoisotopic (exact) mass is 344 g/mol. The van der Waals surface area contributed by atoms with E-state index in [1.54, 1.807) is 0 Å². The molecule has 0 N–H and O–H groups in total. The molecule has 1 fully saturated rings. The van der Waals surface area contributed by atoms with Gasteiger partial charge >= 0.3 is 6.61 Å². The number of ether oxygens (including phenoxy) is 2. The molecule has 24 heavy (non-hydrogen) atoms. The highest BCUT2D eigenvalue weighted by atomic mass is 19.3. The van der Waals surface area contributed by atoms with Crippen LogP contribution in [0.2, 0.25) is 0 Å². The van der Waals surface area contributed by atoms with Gasteiger partial charge in [-0.15, -0.1) is 0 Å². The zero-order valence-corrected chi connectivity index (χ0v) is 13.8. The molecule has 0 radical (unpaired) electrons. The second-order valence-corrected chi connectivity index (χ2v) is 5.97. The van der Waals surface area contributed by atoms with Gasteiger partial charge in [-0.25, -0.2) is 0 Å². The van der Waals surface area contributed by atoms with E-state index in [9.17, 15) is 18.9 Å². The quantitative estimate of drug-likeness (QED) is 0.553. The first kappa shape index (κ1) is 18.4. The third kappa shape index (κ3) is 4.53. The van der Waals surface area contributed by atoms with Gasteiger partial charge in [0.2, 0.25) is 0 Å². The topological polar surface area (TPSA) is 64.8 Å². The summed E-state index contributed by atoms with van der Waals surface area (Å²) in [6, 6.07) is 2.80. The summed E-state index contributed by atoms with van der Waals surface area (Å²) < 4.78 is 34.3. The van der Waals surface area contributed by atoms with Gasteiger partial charge in [0.25, 0.3) is 5.69 Å². The van der Waals surface area contributed by atoms with Crippen LogP contribution < -0.4 is 9.47 Å². The fourth-order valence-corrected chi connectivity index (χ4v) is 3.16. The predicted molar refractivity (Wildman–Crippen MR) is 84.6 cm³/mol. The molecule has 0 bridgehead atoms. The highest BCUT2D eigenvalue weighted by molar-refractivity contribution is 5.54. The van der Waals surface area contributed by atoms with Gasteiger partial charge in [0.05, 0.1) is 18.1 Å². The molecule has 1 aromatic carbocycles. The van der Waals surface area contributed by atoms with E-state index < -0.39 is 11.5 Å². The van der Waals surface area contributed by atoms with E-state index in [-0.39, 0.29) is 17.2 Å². The molecule has 6 nitrogen and oxygen atoms in total. The van der Waals surface area contributed by atoms with Crippen LogP contribution in [0.4, 0.5) is 14.5 Å². The number of hydrogen-bond acceptors (Lipinski definition) is 5. The van der Waals surface area contributed by atoms with Crippen molar-refractivity contribution in [3.63, 3.8) is 0 Å². The standard InChI is InChI=1S/C16H22F2N2O4/c1-19(12-6-4-3-5-7-12)10-11-8-14(23-2)15(24-16(17)18)9-13(11)20(21)22/h8-9,12,16H,3-7,10H2,1-2H3. The Balaban J connectivity index is 2.28. The summed E-state index contributed by atoms with van der Waals surface area (Å²) in [5.74, 6) is -0.267. The summed E-state index contributed by atoms with van der Waals surface area (Å²) >= 11 is 0. The molecule has 8 heteroatoms. The average molecular weight is 344 g/mol. The fraction of sp³-hybridized carbons (Fsp3) is 0.625. The van der Waals surface area contributed by atoms with E-state index in [1.807, 2.05) is 7.05 Å². The van der Waals surface area contributed by atoms with E-state index >= 15 is 0 Å². The molecule has 0 spiro atoms. The highest BCUT2D eigenvalue weighted by Gasteiger charge is 2.25. The molecule has 0 heterocycles. The summed E-state index contributed by atoms with van der Waals surface area (Å²) in [6.07, 6.45) is 5.66. The first-order valence-corrected chi connectivity index (χ1v) is 7.92. The molecule has 1 aliphatic carbocycles. The van der Waals surface area contributed by atoms with Crippen molar-refractivity contribution in [3.8, 4) is 11.5 Å². The van der Waals surface area contributed by atoms with Crippen molar-refractivity contribution < 1.29 is 23.2 Å². The Morgan fingerprint density at radius 2 is 1.96 bits per heavy atom. The zero-order chi connectivity index (χ0) is 17.7. The van der Waals surface area contributed by atoms with Gasteiger partial charge in [-0.3, -0.25) is 15.0 Å². The van der Waals surface area contributed by atoms with Crippen LogP contribution in [0.15, 0.2) is 12.1 Å². The largest absolute Gasteiger partial charge is 0.493 e. The first-order valence-electron chi connectivity index (χ1n) is 7.92. The lowest BCUT2D eigenvalue weighted by Crippen LogP contribution is -2.33. The first-order chi connectivity index (χ1) is 11.4. The maximum atomic E-state index is 12.5. The highest BCUT2D eigenvalue weighted by Crippen LogP contribution is 2.36. The molecule has 134 valence electrons. The van der Waals surface area contributed by atoms with Crippen LogP contribution in [0, 0.1) is 10.1 Å². The summed E-state index contributed by atoms with van der Waals surface area (Å²) in [6.45, 7) is -2.72. The maximum absolute atomic E-state index is 12.5. The van der Waals surface area contributed by atoms with Crippen molar-refractivity contribution in [2.24, 2.45) is 0 Å². The SMILES string of the molecule is COc1cc(CN(C)C2CCCCC2)c([N+](=O)[O-])cc1OC(F)F. The molecule has 0 saturated heterocycles. The van der Waals surface area contributed by atoms with Gasteiger partial charge < -0.3 is 9.47 Å². The van der Waals surface area contributed by atoms with Gasteiger partial charge in [-0.2, -0.15) is 8.78 Å². The minimum atomic E-state index is -3.07. The Morgan fingerprint density at radius 3 is 2.50 bits per heavy atom. The second-order valence-electron chi connectivity index (χ2n) is 5.97. The molecule has 0 aromatic heterocycles. The Morgan fingerprint density at radius 1 is 1.29 bits per heavy atom. The van der Waals surface area contributed by atoms with E-state index in [0.717, 1.165) is 31.7 Å². The van der Waals surface area contributed by atoms with Crippen LogP contribution >= 0.6 is 0 Å². The van der Waals surface area contributed by atoms with Crippen LogP contribution in [0.25, 0.3) is 0 Å². The number of hydrogen-bond donors (Lipinski definition) is 0. The van der Waals surface area contributed by atoms with E-state index in [4.69, 9.17) is 4.74 Å². The van der Waals surface area contributed by atoms with Crippen molar-refractivity contribution in [3.05, 3.63) is 27.8 Å². The Labute approximate surface area is 139 Å². The molecule has 0 amide bonds. The summed E-state index contributed by atoms with van der Waals surface area (Å²) in [7, 11) is 3.24. The number of halogens is 2. The second kappa shape index (κ2) is 8.23. The molecule has 1 saturated carbocycles. The number of benzene rings is 1. The lowest BCUT2D eigenvalue weighted by Gasteiger charge is -2.31. The number of nitrogens with zero attached hydrogens (tertiary/aromatic N) is 2. The predicted octanol–water partition coefficient (Wildman–Crippen LogP) is 3.97. The van der Waals surface area contributed by atoms with Gasteiger partial charge in [0.15, 0.2) is 11.5 Å². The number of methoxy groups -OCH3 is 1. The maximum Gasteiger partial charge on any atom is 0.387 e. The van der Waals surface area contributed by atoms with Crippen molar-refractivity contribution in [2.75, 3.05) is 14.2 Å². The molecule has 0 unspecified atom stereocenters. The smallest absolute Gasteiger partial charge is 0.387 e. The van der Waals surface area contributed by atoms with Crippen molar-refractivity contribution in [2.45, 2.75) is 51.3 Å². The van der Waals surface area contributed by atoms with E-state index in [2.05, 4.69) is 9.64 Å². The number of nitro benzene ring substituents is 1.